The number of ether oxygens (including phenoxy) is 1. The van der Waals surface area contributed by atoms with Crippen molar-refractivity contribution in [1.82, 2.24) is 0 Å². The van der Waals surface area contributed by atoms with Crippen LogP contribution in [0.1, 0.15) is 96.3 Å². The van der Waals surface area contributed by atoms with E-state index in [0.29, 0.717) is 6.42 Å². The summed E-state index contributed by atoms with van der Waals surface area (Å²) < 4.78 is 16.4. The largest absolute Gasteiger partial charge is 0.494 e. The van der Waals surface area contributed by atoms with Gasteiger partial charge in [-0.05, 0) is 25.0 Å². The molecule has 0 heterocycles. The average molecular weight is 413 g/mol. The highest BCUT2D eigenvalue weighted by Gasteiger charge is 2.10. The van der Waals surface area contributed by atoms with Crippen LogP contribution in [-0.4, -0.2) is 22.6 Å². The Morgan fingerprint density at radius 2 is 1.00 bits per heavy atom. The summed E-state index contributed by atoms with van der Waals surface area (Å²) in [5, 5.41) is 0. The molecule has 0 aliphatic heterocycles. The van der Waals surface area contributed by atoms with Crippen molar-refractivity contribution in [2.75, 3.05) is 12.8 Å². The number of benzene rings is 1. The lowest BCUT2D eigenvalue weighted by molar-refractivity contribution is 0.304. The first-order valence-electron chi connectivity index (χ1n) is 11.3. The van der Waals surface area contributed by atoms with Crippen LogP contribution < -0.4 is 4.74 Å². The molecule has 0 atom stereocenters. The monoisotopic (exact) mass is 412 g/mol. The SMILES string of the molecule is O=P(O)(O)CCCCCCCCCCCCCCCCCOc1ccccc1. The van der Waals surface area contributed by atoms with Gasteiger partial charge in [0.2, 0.25) is 0 Å². The molecule has 1 rings (SSSR count). The van der Waals surface area contributed by atoms with Crippen LogP contribution in [0.4, 0.5) is 0 Å². The van der Waals surface area contributed by atoms with Gasteiger partial charge in [0.25, 0.3) is 0 Å². The molecular weight excluding hydrogens is 371 g/mol. The number of unbranched alkanes of at least 4 members (excludes halogenated alkanes) is 14. The fourth-order valence-electron chi connectivity index (χ4n) is 3.42. The molecule has 0 bridgehead atoms. The van der Waals surface area contributed by atoms with Gasteiger partial charge in [-0.15, -0.1) is 0 Å². The van der Waals surface area contributed by atoms with Crippen LogP contribution in [-0.2, 0) is 4.57 Å². The number of hydrogen-bond donors (Lipinski definition) is 2. The highest BCUT2D eigenvalue weighted by Crippen LogP contribution is 2.35. The predicted molar refractivity (Wildman–Crippen MR) is 118 cm³/mol. The van der Waals surface area contributed by atoms with Crippen LogP contribution in [0.2, 0.25) is 0 Å². The Morgan fingerprint density at radius 3 is 1.43 bits per heavy atom. The van der Waals surface area contributed by atoms with Gasteiger partial charge < -0.3 is 14.5 Å². The molecule has 1 aromatic carbocycles. The maximum atomic E-state index is 10.7. The van der Waals surface area contributed by atoms with Crippen molar-refractivity contribution >= 4 is 7.60 Å². The molecule has 28 heavy (non-hydrogen) atoms. The molecule has 0 aliphatic rings. The molecule has 0 amide bonds. The van der Waals surface area contributed by atoms with Crippen molar-refractivity contribution in [2.45, 2.75) is 96.3 Å². The van der Waals surface area contributed by atoms with Gasteiger partial charge in [0.1, 0.15) is 5.75 Å². The number of hydrogen-bond acceptors (Lipinski definition) is 2. The fourth-order valence-corrected chi connectivity index (χ4v) is 4.06. The predicted octanol–water partition coefficient (Wildman–Crippen LogP) is 7.09. The van der Waals surface area contributed by atoms with Crippen LogP contribution in [0.15, 0.2) is 30.3 Å². The van der Waals surface area contributed by atoms with E-state index in [1.807, 2.05) is 30.3 Å². The summed E-state index contributed by atoms with van der Waals surface area (Å²) >= 11 is 0. The second-order valence-corrected chi connectivity index (χ2v) is 9.63. The smallest absolute Gasteiger partial charge is 0.325 e. The van der Waals surface area contributed by atoms with Gasteiger partial charge in [0.05, 0.1) is 6.61 Å². The number of rotatable bonds is 19. The minimum atomic E-state index is -3.77. The van der Waals surface area contributed by atoms with Gasteiger partial charge in [-0.2, -0.15) is 0 Å². The topological polar surface area (TPSA) is 66.8 Å². The standard InChI is InChI=1S/C23H41O4P/c24-28(25,26)22-18-13-11-9-7-5-3-1-2-4-6-8-10-12-17-21-27-23-19-15-14-16-20-23/h14-16,19-20H,1-13,17-18,21-22H2,(H2,24,25,26). The Balaban J connectivity index is 1.70. The van der Waals surface area contributed by atoms with E-state index < -0.39 is 7.60 Å². The molecule has 4 nitrogen and oxygen atoms in total. The molecule has 2 N–H and O–H groups in total. The zero-order valence-corrected chi connectivity index (χ0v) is 18.5. The molecule has 0 radical (unpaired) electrons. The first kappa shape index (κ1) is 25.2. The molecule has 5 heteroatoms. The summed E-state index contributed by atoms with van der Waals surface area (Å²) in [7, 11) is -3.77. The van der Waals surface area contributed by atoms with Crippen molar-refractivity contribution < 1.29 is 19.1 Å². The Hall–Kier alpha value is -0.830. The first-order chi connectivity index (χ1) is 13.6. The summed E-state index contributed by atoms with van der Waals surface area (Å²) in [5.74, 6) is 0.974. The lowest BCUT2D eigenvalue weighted by atomic mass is 10.0. The maximum absolute atomic E-state index is 10.7. The minimum absolute atomic E-state index is 0.0501. The highest BCUT2D eigenvalue weighted by molar-refractivity contribution is 7.51. The van der Waals surface area contributed by atoms with Crippen molar-refractivity contribution in [1.29, 1.82) is 0 Å². The van der Waals surface area contributed by atoms with Crippen LogP contribution in [0.25, 0.3) is 0 Å². The molecule has 1 aromatic rings. The lowest BCUT2D eigenvalue weighted by Gasteiger charge is -2.06. The molecule has 0 unspecified atom stereocenters. The Kier molecular flexibility index (Phi) is 15.4. The van der Waals surface area contributed by atoms with Crippen LogP contribution in [0.5, 0.6) is 5.75 Å². The quantitative estimate of drug-likeness (QED) is 0.188. The molecule has 162 valence electrons. The van der Waals surface area contributed by atoms with Gasteiger partial charge in [-0.25, -0.2) is 0 Å². The lowest BCUT2D eigenvalue weighted by Crippen LogP contribution is -1.96. The third kappa shape index (κ3) is 17.3. The Bertz CT molecular complexity index is 501. The number of para-hydroxylation sites is 1. The minimum Gasteiger partial charge on any atom is -0.494 e. The van der Waals surface area contributed by atoms with E-state index >= 15 is 0 Å². The molecule has 0 aliphatic carbocycles. The zero-order valence-electron chi connectivity index (χ0n) is 17.6. The molecule has 0 fully saturated rings. The normalized spacial score (nSPS) is 11.6. The second kappa shape index (κ2) is 17.1. The van der Waals surface area contributed by atoms with Crippen LogP contribution >= 0.6 is 7.60 Å². The summed E-state index contributed by atoms with van der Waals surface area (Å²) in [4.78, 5) is 17.6. The van der Waals surface area contributed by atoms with Gasteiger partial charge >= 0.3 is 7.60 Å². The van der Waals surface area contributed by atoms with Gasteiger partial charge in [-0.3, -0.25) is 4.57 Å². The van der Waals surface area contributed by atoms with E-state index in [-0.39, 0.29) is 6.16 Å². The summed E-state index contributed by atoms with van der Waals surface area (Å²) in [6.45, 7) is 0.827. The van der Waals surface area contributed by atoms with E-state index in [1.54, 1.807) is 0 Å². The van der Waals surface area contributed by atoms with E-state index in [4.69, 9.17) is 14.5 Å². The second-order valence-electron chi connectivity index (χ2n) is 7.85. The van der Waals surface area contributed by atoms with Crippen molar-refractivity contribution in [2.24, 2.45) is 0 Å². The third-order valence-corrected chi connectivity index (χ3v) is 6.00. The highest BCUT2D eigenvalue weighted by atomic mass is 31.2. The van der Waals surface area contributed by atoms with Crippen molar-refractivity contribution in [3.05, 3.63) is 30.3 Å². The van der Waals surface area contributed by atoms with E-state index in [9.17, 15) is 4.57 Å². The maximum Gasteiger partial charge on any atom is 0.325 e. The summed E-state index contributed by atoms with van der Waals surface area (Å²) in [6, 6.07) is 10.0. The first-order valence-corrected chi connectivity index (χ1v) is 13.1. The molecule has 0 saturated carbocycles. The van der Waals surface area contributed by atoms with Gasteiger partial charge in [0.15, 0.2) is 0 Å². The molecule has 0 aromatic heterocycles. The van der Waals surface area contributed by atoms with Crippen LogP contribution in [0, 0.1) is 0 Å². The van der Waals surface area contributed by atoms with Gasteiger partial charge in [0, 0.05) is 6.16 Å². The van der Waals surface area contributed by atoms with Crippen molar-refractivity contribution in [3.63, 3.8) is 0 Å². The Morgan fingerprint density at radius 1 is 0.607 bits per heavy atom. The molecule has 0 spiro atoms. The average Bonchev–Trinajstić information content (AvgIpc) is 2.67. The summed E-state index contributed by atoms with van der Waals surface area (Å²) in [6.07, 6.45) is 18.4. The third-order valence-electron chi connectivity index (χ3n) is 5.11. The van der Waals surface area contributed by atoms with Crippen molar-refractivity contribution in [3.8, 4) is 5.75 Å². The zero-order chi connectivity index (χ0) is 20.3. The molecular formula is C23H41O4P. The van der Waals surface area contributed by atoms with Gasteiger partial charge in [-0.1, -0.05) is 102 Å². The summed E-state index contributed by atoms with van der Waals surface area (Å²) in [5.41, 5.74) is 0. The van der Waals surface area contributed by atoms with E-state index in [1.165, 1.54) is 70.6 Å². The fraction of sp³-hybridized carbons (Fsp3) is 0.739. The molecule has 0 saturated heterocycles. The van der Waals surface area contributed by atoms with E-state index in [0.717, 1.165) is 31.6 Å². The van der Waals surface area contributed by atoms with Crippen LogP contribution in [0.3, 0.4) is 0 Å². The van der Waals surface area contributed by atoms with E-state index in [2.05, 4.69) is 0 Å². The Labute approximate surface area is 172 Å².